The maximum atomic E-state index is 12.1. The van der Waals surface area contributed by atoms with E-state index >= 15 is 0 Å². The number of carboxylic acids is 1. The zero-order valence-corrected chi connectivity index (χ0v) is 10.9. The molecule has 0 amide bonds. The maximum Gasteiger partial charge on any atom is 0.312 e. The molecule has 0 aromatic rings. The number of carbonyl (C=O) groups excluding carboxylic acids is 1. The van der Waals surface area contributed by atoms with Gasteiger partial charge in [0.2, 0.25) is 0 Å². The summed E-state index contributed by atoms with van der Waals surface area (Å²) in [5, 5.41) is 9.40. The van der Waals surface area contributed by atoms with Crippen molar-refractivity contribution >= 4 is 11.9 Å². The van der Waals surface area contributed by atoms with Crippen LogP contribution in [0.4, 0.5) is 0 Å². The second kappa shape index (κ2) is 5.52. The summed E-state index contributed by atoms with van der Waals surface area (Å²) in [7, 11) is 1.35. The summed E-state index contributed by atoms with van der Waals surface area (Å²) in [5.74, 6) is -1.94. The van der Waals surface area contributed by atoms with Crippen molar-refractivity contribution in [1.29, 1.82) is 0 Å². The van der Waals surface area contributed by atoms with E-state index in [2.05, 4.69) is 0 Å². The predicted octanol–water partition coefficient (Wildman–Crippen LogP) is 2.47. The van der Waals surface area contributed by atoms with Crippen molar-refractivity contribution in [2.24, 2.45) is 17.3 Å². The van der Waals surface area contributed by atoms with Gasteiger partial charge in [0.25, 0.3) is 0 Å². The molecule has 98 valence electrons. The third-order valence-electron chi connectivity index (χ3n) is 3.87. The SMILES string of the molecule is COC(=O)C1(C(C(=O)O)C(C)C)CCCCC1. The first-order valence-electron chi connectivity index (χ1n) is 6.27. The van der Waals surface area contributed by atoms with Crippen molar-refractivity contribution < 1.29 is 19.4 Å². The minimum Gasteiger partial charge on any atom is -0.481 e. The summed E-state index contributed by atoms with van der Waals surface area (Å²) in [5.41, 5.74) is -0.812. The van der Waals surface area contributed by atoms with Crippen LogP contribution in [0.3, 0.4) is 0 Å². The maximum absolute atomic E-state index is 12.1. The average Bonchev–Trinajstić information content (AvgIpc) is 2.28. The number of carbonyl (C=O) groups is 2. The molecule has 1 rings (SSSR count). The van der Waals surface area contributed by atoms with Crippen LogP contribution in [0.2, 0.25) is 0 Å². The van der Waals surface area contributed by atoms with E-state index in [0.29, 0.717) is 12.8 Å². The Morgan fingerprint density at radius 3 is 2.06 bits per heavy atom. The summed E-state index contributed by atoms with van der Waals surface area (Å²) in [6, 6.07) is 0. The van der Waals surface area contributed by atoms with Crippen molar-refractivity contribution in [2.45, 2.75) is 46.0 Å². The lowest BCUT2D eigenvalue weighted by atomic mass is 9.62. The van der Waals surface area contributed by atoms with Crippen molar-refractivity contribution in [1.82, 2.24) is 0 Å². The van der Waals surface area contributed by atoms with Gasteiger partial charge in [0, 0.05) is 0 Å². The fraction of sp³-hybridized carbons (Fsp3) is 0.846. The molecule has 0 radical (unpaired) electrons. The molecule has 0 bridgehead atoms. The Morgan fingerprint density at radius 2 is 1.71 bits per heavy atom. The molecule has 0 saturated heterocycles. The van der Waals surface area contributed by atoms with Gasteiger partial charge in [-0.3, -0.25) is 9.59 Å². The lowest BCUT2D eigenvalue weighted by Gasteiger charge is -2.40. The van der Waals surface area contributed by atoms with Crippen LogP contribution < -0.4 is 0 Å². The first kappa shape index (κ1) is 14.0. The number of rotatable bonds is 4. The first-order valence-corrected chi connectivity index (χ1v) is 6.27. The van der Waals surface area contributed by atoms with Gasteiger partial charge in [-0.15, -0.1) is 0 Å². The number of aliphatic carboxylic acids is 1. The number of ether oxygens (including phenoxy) is 1. The summed E-state index contributed by atoms with van der Waals surface area (Å²) < 4.78 is 4.87. The van der Waals surface area contributed by atoms with E-state index in [9.17, 15) is 14.7 Å². The molecule has 1 N–H and O–H groups in total. The monoisotopic (exact) mass is 242 g/mol. The van der Waals surface area contributed by atoms with Crippen molar-refractivity contribution in [2.75, 3.05) is 7.11 Å². The largest absolute Gasteiger partial charge is 0.481 e. The summed E-state index contributed by atoms with van der Waals surface area (Å²) in [6.45, 7) is 3.72. The highest BCUT2D eigenvalue weighted by atomic mass is 16.5. The van der Waals surface area contributed by atoms with Gasteiger partial charge in [-0.1, -0.05) is 33.1 Å². The molecule has 0 aromatic heterocycles. The van der Waals surface area contributed by atoms with Gasteiger partial charge in [0.05, 0.1) is 18.4 Å². The molecule has 0 aromatic carbocycles. The predicted molar refractivity (Wildman–Crippen MR) is 63.5 cm³/mol. The molecular formula is C13H22O4. The van der Waals surface area contributed by atoms with Gasteiger partial charge < -0.3 is 9.84 Å². The van der Waals surface area contributed by atoms with Gasteiger partial charge in [0.1, 0.15) is 0 Å². The summed E-state index contributed by atoms with van der Waals surface area (Å²) >= 11 is 0. The summed E-state index contributed by atoms with van der Waals surface area (Å²) in [4.78, 5) is 23.5. The number of hydrogen-bond acceptors (Lipinski definition) is 3. The molecule has 1 aliphatic carbocycles. The highest BCUT2D eigenvalue weighted by Gasteiger charge is 2.51. The molecule has 1 aliphatic rings. The smallest absolute Gasteiger partial charge is 0.312 e. The number of esters is 1. The van der Waals surface area contributed by atoms with Crippen LogP contribution in [-0.2, 0) is 14.3 Å². The third-order valence-corrected chi connectivity index (χ3v) is 3.87. The van der Waals surface area contributed by atoms with Crippen LogP contribution in [0.1, 0.15) is 46.0 Å². The molecule has 1 unspecified atom stereocenters. The Kier molecular flexibility index (Phi) is 4.54. The summed E-state index contributed by atoms with van der Waals surface area (Å²) in [6.07, 6.45) is 4.16. The lowest BCUT2D eigenvalue weighted by Crippen LogP contribution is -2.47. The van der Waals surface area contributed by atoms with Crippen LogP contribution in [-0.4, -0.2) is 24.2 Å². The standard InChI is InChI=1S/C13H22O4/c1-9(2)10(11(14)15)13(12(16)17-3)7-5-4-6-8-13/h9-10H,4-8H2,1-3H3,(H,14,15). The van der Waals surface area contributed by atoms with Crippen molar-refractivity contribution in [3.63, 3.8) is 0 Å². The Morgan fingerprint density at radius 1 is 1.18 bits per heavy atom. The van der Waals surface area contributed by atoms with E-state index < -0.39 is 17.3 Å². The van der Waals surface area contributed by atoms with Crippen LogP contribution in [0.25, 0.3) is 0 Å². The van der Waals surface area contributed by atoms with Crippen LogP contribution in [0.5, 0.6) is 0 Å². The molecule has 4 heteroatoms. The second-order valence-electron chi connectivity index (χ2n) is 5.27. The van der Waals surface area contributed by atoms with E-state index in [1.165, 1.54) is 7.11 Å². The molecule has 1 atom stereocenters. The second-order valence-corrected chi connectivity index (χ2v) is 5.27. The zero-order valence-electron chi connectivity index (χ0n) is 10.9. The normalized spacial score (nSPS) is 20.9. The molecular weight excluding hydrogens is 220 g/mol. The van der Waals surface area contributed by atoms with Crippen molar-refractivity contribution in [3.05, 3.63) is 0 Å². The van der Waals surface area contributed by atoms with E-state index in [-0.39, 0.29) is 11.9 Å². The molecule has 0 aliphatic heterocycles. The molecule has 17 heavy (non-hydrogen) atoms. The van der Waals surface area contributed by atoms with E-state index in [4.69, 9.17) is 4.74 Å². The fourth-order valence-electron chi connectivity index (χ4n) is 3.19. The molecule has 1 saturated carbocycles. The average molecular weight is 242 g/mol. The molecule has 1 fully saturated rings. The third kappa shape index (κ3) is 2.61. The quantitative estimate of drug-likeness (QED) is 0.769. The van der Waals surface area contributed by atoms with Gasteiger partial charge in [-0.05, 0) is 18.8 Å². The first-order chi connectivity index (χ1) is 7.95. The van der Waals surface area contributed by atoms with E-state index in [1.807, 2.05) is 13.8 Å². The highest BCUT2D eigenvalue weighted by molar-refractivity contribution is 5.84. The molecule has 0 heterocycles. The fourth-order valence-corrected chi connectivity index (χ4v) is 3.19. The Bertz CT molecular complexity index is 290. The van der Waals surface area contributed by atoms with Crippen LogP contribution >= 0.6 is 0 Å². The number of hydrogen-bond donors (Lipinski definition) is 1. The number of methoxy groups -OCH3 is 1. The Labute approximate surface area is 102 Å². The van der Waals surface area contributed by atoms with Gasteiger partial charge >= 0.3 is 11.9 Å². The van der Waals surface area contributed by atoms with E-state index in [0.717, 1.165) is 19.3 Å². The topological polar surface area (TPSA) is 63.6 Å². The highest BCUT2D eigenvalue weighted by Crippen LogP contribution is 2.46. The van der Waals surface area contributed by atoms with Crippen molar-refractivity contribution in [3.8, 4) is 0 Å². The Balaban J connectivity index is 3.10. The zero-order chi connectivity index (χ0) is 13.1. The van der Waals surface area contributed by atoms with Gasteiger partial charge in [-0.2, -0.15) is 0 Å². The van der Waals surface area contributed by atoms with E-state index in [1.54, 1.807) is 0 Å². The number of carboxylic acid groups (broad SMARTS) is 1. The minimum atomic E-state index is -0.882. The van der Waals surface area contributed by atoms with Crippen LogP contribution in [0, 0.1) is 17.3 Å². The Hall–Kier alpha value is -1.06. The van der Waals surface area contributed by atoms with Crippen LogP contribution in [0.15, 0.2) is 0 Å². The molecule has 0 spiro atoms. The van der Waals surface area contributed by atoms with Gasteiger partial charge in [0.15, 0.2) is 0 Å². The minimum absolute atomic E-state index is 0.0651. The lowest BCUT2D eigenvalue weighted by molar-refractivity contribution is -0.170. The van der Waals surface area contributed by atoms with Gasteiger partial charge in [-0.25, -0.2) is 0 Å². The molecule has 4 nitrogen and oxygen atoms in total.